The molecule has 1 N–H and O–H groups in total. The molecule has 0 aliphatic carbocycles. The fourth-order valence-corrected chi connectivity index (χ4v) is 1.71. The van der Waals surface area contributed by atoms with Gasteiger partial charge in [-0.2, -0.15) is 0 Å². The third kappa shape index (κ3) is 1.37. The molecule has 0 saturated carbocycles. The van der Waals surface area contributed by atoms with Gasteiger partial charge in [-0.05, 0) is 31.5 Å². The quantitative estimate of drug-likeness (QED) is 0.716. The van der Waals surface area contributed by atoms with Crippen LogP contribution in [0.25, 0.3) is 0 Å². The van der Waals surface area contributed by atoms with E-state index in [0.717, 1.165) is 24.2 Å². The molecule has 0 fully saturated rings. The largest absolute Gasteiger partial charge is 0.508 e. The second-order valence-corrected chi connectivity index (χ2v) is 3.87. The fraction of sp³-hybridized carbons (Fsp3) is 0.455. The molecule has 2 nitrogen and oxygen atoms in total. The fourth-order valence-electron chi connectivity index (χ4n) is 1.71. The molecule has 0 radical (unpaired) electrons. The van der Waals surface area contributed by atoms with Crippen LogP contribution >= 0.6 is 0 Å². The lowest BCUT2D eigenvalue weighted by Crippen LogP contribution is -2.28. The van der Waals surface area contributed by atoms with E-state index in [-0.39, 0.29) is 5.60 Å². The van der Waals surface area contributed by atoms with Gasteiger partial charge in [-0.1, -0.05) is 6.92 Å². The first-order valence-corrected chi connectivity index (χ1v) is 4.64. The van der Waals surface area contributed by atoms with Crippen LogP contribution in [0.2, 0.25) is 0 Å². The highest BCUT2D eigenvalue weighted by Gasteiger charge is 2.32. The van der Waals surface area contributed by atoms with Crippen molar-refractivity contribution in [1.29, 1.82) is 0 Å². The molecule has 0 saturated heterocycles. The van der Waals surface area contributed by atoms with Gasteiger partial charge >= 0.3 is 0 Å². The van der Waals surface area contributed by atoms with Gasteiger partial charge in [0.15, 0.2) is 0 Å². The Kier molecular flexibility index (Phi) is 1.72. The number of aromatic hydroxyl groups is 1. The predicted molar refractivity (Wildman–Crippen MR) is 51.1 cm³/mol. The molecule has 2 rings (SSSR count). The number of rotatable bonds is 1. The summed E-state index contributed by atoms with van der Waals surface area (Å²) in [7, 11) is 0. The summed E-state index contributed by atoms with van der Waals surface area (Å²) in [6.07, 6.45) is 1.88. The highest BCUT2D eigenvalue weighted by molar-refractivity contribution is 5.43. The molecule has 0 amide bonds. The van der Waals surface area contributed by atoms with E-state index < -0.39 is 0 Å². The van der Waals surface area contributed by atoms with Crippen LogP contribution in [-0.4, -0.2) is 10.7 Å². The van der Waals surface area contributed by atoms with Gasteiger partial charge in [0, 0.05) is 12.0 Å². The molecule has 2 heteroatoms. The Hall–Kier alpha value is -1.18. The first-order chi connectivity index (χ1) is 6.13. The number of benzene rings is 1. The molecule has 1 heterocycles. The van der Waals surface area contributed by atoms with Crippen molar-refractivity contribution in [2.45, 2.75) is 32.3 Å². The van der Waals surface area contributed by atoms with Gasteiger partial charge in [-0.15, -0.1) is 0 Å². The van der Waals surface area contributed by atoms with Crippen LogP contribution in [-0.2, 0) is 6.42 Å². The maximum atomic E-state index is 9.28. The summed E-state index contributed by atoms with van der Waals surface area (Å²) in [5.41, 5.74) is 1.04. The van der Waals surface area contributed by atoms with Gasteiger partial charge in [0.1, 0.15) is 17.1 Å². The van der Waals surface area contributed by atoms with Gasteiger partial charge in [0.2, 0.25) is 0 Å². The van der Waals surface area contributed by atoms with Crippen LogP contribution in [0.4, 0.5) is 0 Å². The Morgan fingerprint density at radius 3 is 3.00 bits per heavy atom. The number of hydrogen-bond donors (Lipinski definition) is 1. The van der Waals surface area contributed by atoms with Crippen LogP contribution in [0.1, 0.15) is 25.8 Å². The normalized spacial score (nSPS) is 25.4. The minimum atomic E-state index is -0.0733. The van der Waals surface area contributed by atoms with Crippen molar-refractivity contribution in [2.24, 2.45) is 0 Å². The smallest absolute Gasteiger partial charge is 0.123 e. The van der Waals surface area contributed by atoms with E-state index in [2.05, 4.69) is 13.8 Å². The molecule has 13 heavy (non-hydrogen) atoms. The highest BCUT2D eigenvalue weighted by atomic mass is 16.5. The van der Waals surface area contributed by atoms with Crippen molar-refractivity contribution in [3.05, 3.63) is 23.8 Å². The zero-order chi connectivity index (χ0) is 9.47. The van der Waals surface area contributed by atoms with E-state index >= 15 is 0 Å². The second-order valence-electron chi connectivity index (χ2n) is 3.87. The van der Waals surface area contributed by atoms with Crippen LogP contribution in [0, 0.1) is 0 Å². The average Bonchev–Trinajstić information content (AvgIpc) is 2.42. The minimum Gasteiger partial charge on any atom is -0.508 e. The zero-order valence-corrected chi connectivity index (χ0v) is 8.00. The molecule has 1 aliphatic heterocycles. The number of ether oxygens (including phenoxy) is 1. The third-order valence-corrected chi connectivity index (χ3v) is 2.71. The van der Waals surface area contributed by atoms with E-state index in [9.17, 15) is 5.11 Å². The summed E-state index contributed by atoms with van der Waals surface area (Å²) < 4.78 is 5.79. The second kappa shape index (κ2) is 2.66. The van der Waals surface area contributed by atoms with E-state index in [0.29, 0.717) is 5.75 Å². The molecule has 70 valence electrons. The van der Waals surface area contributed by atoms with Crippen LogP contribution in [0.15, 0.2) is 18.2 Å². The first kappa shape index (κ1) is 8.42. The Morgan fingerprint density at radius 1 is 1.54 bits per heavy atom. The van der Waals surface area contributed by atoms with Gasteiger partial charge in [-0.3, -0.25) is 0 Å². The summed E-state index contributed by atoms with van der Waals surface area (Å²) in [5, 5.41) is 9.28. The Labute approximate surface area is 78.2 Å². The first-order valence-electron chi connectivity index (χ1n) is 4.64. The molecule has 1 aromatic rings. The molecular weight excluding hydrogens is 164 g/mol. The predicted octanol–water partition coefficient (Wildman–Crippen LogP) is 2.50. The van der Waals surface area contributed by atoms with E-state index in [1.165, 1.54) is 0 Å². The maximum Gasteiger partial charge on any atom is 0.123 e. The molecule has 0 bridgehead atoms. The van der Waals surface area contributed by atoms with Crippen molar-refractivity contribution in [3.63, 3.8) is 0 Å². The van der Waals surface area contributed by atoms with Gasteiger partial charge in [0.25, 0.3) is 0 Å². The van der Waals surface area contributed by atoms with Crippen LogP contribution < -0.4 is 4.74 Å². The van der Waals surface area contributed by atoms with Gasteiger partial charge in [-0.25, -0.2) is 0 Å². The average molecular weight is 178 g/mol. The molecule has 1 atom stereocenters. The van der Waals surface area contributed by atoms with E-state index in [1.54, 1.807) is 12.1 Å². The monoisotopic (exact) mass is 178 g/mol. The number of phenolic OH excluding ortho intramolecular Hbond substituents is 1. The third-order valence-electron chi connectivity index (χ3n) is 2.71. The molecular formula is C11H14O2. The lowest BCUT2D eigenvalue weighted by molar-refractivity contribution is 0.112. The lowest BCUT2D eigenvalue weighted by atomic mass is 9.97. The zero-order valence-electron chi connectivity index (χ0n) is 8.00. The summed E-state index contributed by atoms with van der Waals surface area (Å²) in [6.45, 7) is 4.22. The summed E-state index contributed by atoms with van der Waals surface area (Å²) in [5.74, 6) is 1.24. The summed E-state index contributed by atoms with van der Waals surface area (Å²) in [6, 6.07) is 5.29. The van der Waals surface area contributed by atoms with Crippen molar-refractivity contribution < 1.29 is 9.84 Å². The lowest BCUT2D eigenvalue weighted by Gasteiger charge is -2.21. The van der Waals surface area contributed by atoms with E-state index in [1.807, 2.05) is 6.07 Å². The van der Waals surface area contributed by atoms with Crippen molar-refractivity contribution in [2.75, 3.05) is 0 Å². The SMILES string of the molecule is CC[C@@]1(C)Cc2cc(O)ccc2O1. The molecule has 1 aliphatic rings. The standard InChI is InChI=1S/C11H14O2/c1-3-11(2)7-8-6-9(12)4-5-10(8)13-11/h4-6,12H,3,7H2,1-2H3/t11-/m0/s1. The number of phenols is 1. The molecule has 0 aromatic heterocycles. The molecule has 0 unspecified atom stereocenters. The minimum absolute atomic E-state index is 0.0733. The number of fused-ring (bicyclic) bond motifs is 1. The summed E-state index contributed by atoms with van der Waals surface area (Å²) in [4.78, 5) is 0. The topological polar surface area (TPSA) is 29.5 Å². The Morgan fingerprint density at radius 2 is 2.31 bits per heavy atom. The number of hydrogen-bond acceptors (Lipinski definition) is 2. The van der Waals surface area contributed by atoms with Gasteiger partial charge < -0.3 is 9.84 Å². The van der Waals surface area contributed by atoms with Crippen LogP contribution in [0.5, 0.6) is 11.5 Å². The van der Waals surface area contributed by atoms with Crippen molar-refractivity contribution in [1.82, 2.24) is 0 Å². The molecule has 0 spiro atoms. The van der Waals surface area contributed by atoms with Gasteiger partial charge in [0.05, 0.1) is 0 Å². The Balaban J connectivity index is 2.35. The van der Waals surface area contributed by atoms with Crippen molar-refractivity contribution >= 4 is 0 Å². The van der Waals surface area contributed by atoms with Crippen molar-refractivity contribution in [3.8, 4) is 11.5 Å². The molecule has 1 aromatic carbocycles. The Bertz CT molecular complexity index is 333. The maximum absolute atomic E-state index is 9.28. The summed E-state index contributed by atoms with van der Waals surface area (Å²) >= 11 is 0. The van der Waals surface area contributed by atoms with E-state index in [4.69, 9.17) is 4.74 Å². The van der Waals surface area contributed by atoms with Crippen LogP contribution in [0.3, 0.4) is 0 Å². The highest BCUT2D eigenvalue weighted by Crippen LogP contribution is 2.38.